The molecule has 2 aromatic rings. The van der Waals surface area contributed by atoms with Crippen molar-refractivity contribution in [2.45, 2.75) is 12.5 Å². The maximum atomic E-state index is 11.6. The highest BCUT2D eigenvalue weighted by molar-refractivity contribution is 5.89. The minimum atomic E-state index is -0.268. The first-order valence-corrected chi connectivity index (χ1v) is 8.92. The molecule has 2 aromatic carbocycles. The fraction of sp³-hybridized carbons (Fsp3) is 0.350. The van der Waals surface area contributed by atoms with Crippen LogP contribution in [-0.4, -0.2) is 45.0 Å². The van der Waals surface area contributed by atoms with Gasteiger partial charge in [0.05, 0.1) is 6.54 Å². The lowest BCUT2D eigenvalue weighted by Crippen LogP contribution is -2.39. The third kappa shape index (κ3) is 3.75. The molecule has 1 unspecified atom stereocenters. The molecule has 2 aliphatic rings. The molecule has 2 heterocycles. The van der Waals surface area contributed by atoms with Crippen LogP contribution in [0.3, 0.4) is 0 Å². The summed E-state index contributed by atoms with van der Waals surface area (Å²) in [4.78, 5) is 13.2. The maximum absolute atomic E-state index is 11.6. The molecule has 1 saturated heterocycles. The van der Waals surface area contributed by atoms with E-state index in [2.05, 4.69) is 17.4 Å². The van der Waals surface area contributed by atoms with Gasteiger partial charge in [-0.05, 0) is 42.8 Å². The van der Waals surface area contributed by atoms with E-state index in [1.807, 2.05) is 36.4 Å². The first kappa shape index (κ1) is 16.7. The van der Waals surface area contributed by atoms with Crippen molar-refractivity contribution in [2.24, 2.45) is 0 Å². The van der Waals surface area contributed by atoms with Gasteiger partial charge in [-0.2, -0.15) is 0 Å². The number of carbonyl (C=O) groups excluding carboxylic acids is 1. The molecule has 1 fully saturated rings. The number of fused-ring (bicyclic) bond motifs is 1. The van der Waals surface area contributed by atoms with Gasteiger partial charge in [0.2, 0.25) is 0 Å². The van der Waals surface area contributed by atoms with Crippen molar-refractivity contribution in [1.29, 1.82) is 0 Å². The molecule has 136 valence electrons. The molecule has 0 spiro atoms. The van der Waals surface area contributed by atoms with Gasteiger partial charge in [0.25, 0.3) is 0 Å². The fourth-order valence-corrected chi connectivity index (χ4v) is 3.13. The third-order valence-corrected chi connectivity index (χ3v) is 4.54. The lowest BCUT2D eigenvalue weighted by Gasteiger charge is -2.26. The molecule has 0 radical (unpaired) electrons. The Kier molecular flexibility index (Phi) is 4.93. The van der Waals surface area contributed by atoms with Gasteiger partial charge in [-0.3, -0.25) is 4.90 Å². The number of ether oxygens (including phenoxy) is 3. The molecule has 4 rings (SSSR count). The van der Waals surface area contributed by atoms with Crippen LogP contribution in [0, 0.1) is 0 Å². The highest BCUT2D eigenvalue weighted by atomic mass is 16.6. The van der Waals surface area contributed by atoms with Crippen molar-refractivity contribution >= 4 is 11.8 Å². The monoisotopic (exact) mass is 354 g/mol. The van der Waals surface area contributed by atoms with Gasteiger partial charge in [-0.15, -0.1) is 0 Å². The summed E-state index contributed by atoms with van der Waals surface area (Å²) in [5.74, 6) is 1.62. The highest BCUT2D eigenvalue weighted by Crippen LogP contribution is 2.30. The maximum Gasteiger partial charge on any atom is 0.414 e. The number of anilines is 1. The first-order chi connectivity index (χ1) is 12.8. The molecule has 2 aliphatic heterocycles. The molecule has 0 aliphatic carbocycles. The van der Waals surface area contributed by atoms with E-state index in [1.165, 1.54) is 5.56 Å². The normalized spacial score (nSPS) is 18.7. The molecular weight excluding hydrogens is 332 g/mol. The van der Waals surface area contributed by atoms with Gasteiger partial charge in [-0.1, -0.05) is 24.3 Å². The summed E-state index contributed by atoms with van der Waals surface area (Å²) in [5.41, 5.74) is 2.11. The highest BCUT2D eigenvalue weighted by Gasteiger charge is 2.23. The molecule has 26 heavy (non-hydrogen) atoms. The van der Waals surface area contributed by atoms with Crippen molar-refractivity contribution in [3.8, 4) is 11.5 Å². The van der Waals surface area contributed by atoms with E-state index in [-0.39, 0.29) is 12.2 Å². The Morgan fingerprint density at radius 3 is 2.62 bits per heavy atom. The van der Waals surface area contributed by atoms with Gasteiger partial charge in [-0.25, -0.2) is 4.79 Å². The predicted octanol–water partition coefficient (Wildman–Crippen LogP) is 2.62. The number of para-hydroxylation sites is 2. The Bertz CT molecular complexity index is 763. The lowest BCUT2D eigenvalue weighted by molar-refractivity contribution is 0.0906. The topological polar surface area (TPSA) is 60.0 Å². The number of benzene rings is 2. The van der Waals surface area contributed by atoms with Crippen LogP contribution in [0.1, 0.15) is 5.56 Å². The van der Waals surface area contributed by atoms with Crippen LogP contribution < -0.4 is 19.7 Å². The zero-order valence-corrected chi connectivity index (χ0v) is 14.5. The zero-order valence-electron chi connectivity index (χ0n) is 14.5. The molecule has 1 amide bonds. The van der Waals surface area contributed by atoms with E-state index in [4.69, 9.17) is 14.2 Å². The van der Waals surface area contributed by atoms with Crippen LogP contribution >= 0.6 is 0 Å². The number of amides is 1. The molecule has 6 heteroatoms. The lowest BCUT2D eigenvalue weighted by atomic mass is 10.1. The number of cyclic esters (lactones) is 1. The van der Waals surface area contributed by atoms with Gasteiger partial charge < -0.3 is 19.5 Å². The van der Waals surface area contributed by atoms with E-state index in [0.29, 0.717) is 19.8 Å². The van der Waals surface area contributed by atoms with Gasteiger partial charge in [0, 0.05) is 12.2 Å². The van der Waals surface area contributed by atoms with E-state index in [9.17, 15) is 4.79 Å². The van der Waals surface area contributed by atoms with Crippen LogP contribution in [-0.2, 0) is 11.2 Å². The van der Waals surface area contributed by atoms with Crippen molar-refractivity contribution in [3.05, 3.63) is 54.1 Å². The Morgan fingerprint density at radius 2 is 1.85 bits per heavy atom. The second kappa shape index (κ2) is 7.66. The summed E-state index contributed by atoms with van der Waals surface area (Å²) in [6, 6.07) is 15.8. The number of nitrogens with one attached hydrogen (secondary N) is 1. The summed E-state index contributed by atoms with van der Waals surface area (Å²) >= 11 is 0. The summed E-state index contributed by atoms with van der Waals surface area (Å²) in [6.07, 6.45) is 0.665. The molecule has 0 saturated carbocycles. The fourth-order valence-electron chi connectivity index (χ4n) is 3.13. The zero-order chi connectivity index (χ0) is 17.8. The number of hydrogen-bond donors (Lipinski definition) is 1. The number of nitrogens with zero attached hydrogens (tertiary/aromatic N) is 1. The average Bonchev–Trinajstić information content (AvgIpc) is 3.11. The van der Waals surface area contributed by atoms with E-state index >= 15 is 0 Å². The van der Waals surface area contributed by atoms with Gasteiger partial charge in [0.1, 0.15) is 19.3 Å². The van der Waals surface area contributed by atoms with Crippen LogP contribution in [0.25, 0.3) is 0 Å². The molecule has 0 bridgehead atoms. The molecule has 1 atom stereocenters. The SMILES string of the molecule is O=C1OCCN1c1ccc(CCNCC2COc3ccccc3O2)cc1. The van der Waals surface area contributed by atoms with Gasteiger partial charge in [0.15, 0.2) is 11.5 Å². The van der Waals surface area contributed by atoms with Crippen molar-refractivity contribution < 1.29 is 19.0 Å². The van der Waals surface area contributed by atoms with Crippen LogP contribution in [0.15, 0.2) is 48.5 Å². The van der Waals surface area contributed by atoms with Gasteiger partial charge >= 0.3 is 6.09 Å². The molecule has 6 nitrogen and oxygen atoms in total. The van der Waals surface area contributed by atoms with E-state index in [1.54, 1.807) is 4.90 Å². The Hall–Kier alpha value is -2.73. The predicted molar refractivity (Wildman–Crippen MR) is 98.1 cm³/mol. The van der Waals surface area contributed by atoms with Crippen molar-refractivity contribution in [2.75, 3.05) is 37.7 Å². The minimum absolute atomic E-state index is 0.0217. The number of rotatable bonds is 6. The number of hydrogen-bond acceptors (Lipinski definition) is 5. The smallest absolute Gasteiger partial charge is 0.414 e. The van der Waals surface area contributed by atoms with Crippen molar-refractivity contribution in [3.63, 3.8) is 0 Å². The second-order valence-electron chi connectivity index (χ2n) is 6.38. The van der Waals surface area contributed by atoms with Crippen LogP contribution in [0.2, 0.25) is 0 Å². The van der Waals surface area contributed by atoms with Crippen LogP contribution in [0.4, 0.5) is 10.5 Å². The first-order valence-electron chi connectivity index (χ1n) is 8.92. The summed E-state index contributed by atoms with van der Waals surface area (Å²) in [6.45, 7) is 3.23. The number of carbonyl (C=O) groups is 1. The molecule has 0 aromatic heterocycles. The average molecular weight is 354 g/mol. The van der Waals surface area contributed by atoms with Crippen LogP contribution in [0.5, 0.6) is 11.5 Å². The molecule has 1 N–H and O–H groups in total. The summed E-state index contributed by atoms with van der Waals surface area (Å²) < 4.78 is 16.6. The Labute approximate surface area is 152 Å². The Morgan fingerprint density at radius 1 is 1.04 bits per heavy atom. The Balaban J connectivity index is 1.21. The summed E-state index contributed by atoms with van der Waals surface area (Å²) in [7, 11) is 0. The quantitative estimate of drug-likeness (QED) is 0.808. The second-order valence-corrected chi connectivity index (χ2v) is 6.38. The van der Waals surface area contributed by atoms with E-state index in [0.717, 1.165) is 36.7 Å². The largest absolute Gasteiger partial charge is 0.486 e. The minimum Gasteiger partial charge on any atom is -0.486 e. The van der Waals surface area contributed by atoms with Crippen molar-refractivity contribution in [1.82, 2.24) is 5.32 Å². The standard InChI is InChI=1S/C20H22N2O4/c23-20-22(11-12-24-20)16-7-5-15(6-8-16)9-10-21-13-17-14-25-18-3-1-2-4-19(18)26-17/h1-8,17,21H,9-14H2. The third-order valence-electron chi connectivity index (χ3n) is 4.54. The van der Waals surface area contributed by atoms with E-state index < -0.39 is 0 Å². The summed E-state index contributed by atoms with van der Waals surface area (Å²) in [5, 5.41) is 3.42. The molecular formula is C20H22N2O4.